The van der Waals surface area contributed by atoms with E-state index in [1.807, 2.05) is 75.6 Å². The highest BCUT2D eigenvalue weighted by Gasteiger charge is 2.38. The molecule has 6 nitrogen and oxygen atoms in total. The molecular weight excluding hydrogens is 452 g/mol. The Morgan fingerprint density at radius 3 is 1.88 bits per heavy atom. The fourth-order valence-corrected chi connectivity index (χ4v) is 3.75. The Hall–Kier alpha value is -2.48. The number of ether oxygens (including phenoxy) is 5. The van der Waals surface area contributed by atoms with Gasteiger partial charge in [-0.05, 0) is 62.4 Å². The summed E-state index contributed by atoms with van der Waals surface area (Å²) in [7, 11) is 3.23. The smallest absolute Gasteiger partial charge is 0.336 e. The van der Waals surface area contributed by atoms with Crippen LogP contribution >= 0.6 is 11.8 Å². The van der Waals surface area contributed by atoms with Gasteiger partial charge < -0.3 is 23.7 Å². The van der Waals surface area contributed by atoms with E-state index < -0.39 is 23.6 Å². The van der Waals surface area contributed by atoms with Crippen molar-refractivity contribution in [1.29, 1.82) is 0 Å². The molecule has 2 unspecified atom stereocenters. The molecular formula is C27H36O6S. The van der Waals surface area contributed by atoms with Crippen LogP contribution in [0.2, 0.25) is 0 Å². The second kappa shape index (κ2) is 13.4. The van der Waals surface area contributed by atoms with Crippen LogP contribution in [0.25, 0.3) is 0 Å². The van der Waals surface area contributed by atoms with Gasteiger partial charge >= 0.3 is 5.97 Å². The summed E-state index contributed by atoms with van der Waals surface area (Å²) in [6.07, 6.45) is 2.37. The predicted octanol–water partition coefficient (Wildman–Crippen LogP) is 5.45. The Morgan fingerprint density at radius 1 is 0.971 bits per heavy atom. The van der Waals surface area contributed by atoms with E-state index in [1.54, 1.807) is 32.1 Å². The van der Waals surface area contributed by atoms with Crippen molar-refractivity contribution in [3.8, 4) is 11.5 Å². The van der Waals surface area contributed by atoms with Crippen molar-refractivity contribution in [1.82, 2.24) is 0 Å². The van der Waals surface area contributed by atoms with E-state index in [9.17, 15) is 4.79 Å². The lowest BCUT2D eigenvalue weighted by atomic mass is 9.86. The lowest BCUT2D eigenvalue weighted by Gasteiger charge is -2.34. The zero-order valence-corrected chi connectivity index (χ0v) is 21.7. The molecule has 0 saturated carbocycles. The maximum atomic E-state index is 13.6. The van der Waals surface area contributed by atoms with Crippen molar-refractivity contribution < 1.29 is 28.5 Å². The van der Waals surface area contributed by atoms with Crippen molar-refractivity contribution >= 4 is 17.7 Å². The first-order valence-corrected chi connectivity index (χ1v) is 12.5. The lowest BCUT2D eigenvalue weighted by molar-refractivity contribution is -0.182. The Balaban J connectivity index is 2.46. The molecule has 2 rings (SSSR count). The number of thioether (sulfide) groups is 1. The molecule has 2 atom stereocenters. The Bertz CT molecular complexity index is 847. The van der Waals surface area contributed by atoms with Gasteiger partial charge in [0.1, 0.15) is 17.1 Å². The normalized spacial score (nSPS) is 13.3. The first-order valence-electron chi connectivity index (χ1n) is 11.1. The lowest BCUT2D eigenvalue weighted by Crippen LogP contribution is -2.45. The Labute approximate surface area is 207 Å². The summed E-state index contributed by atoms with van der Waals surface area (Å²) in [5.41, 5.74) is 0.926. The molecule has 0 aromatic heterocycles. The van der Waals surface area contributed by atoms with Crippen molar-refractivity contribution in [3.05, 3.63) is 72.3 Å². The van der Waals surface area contributed by atoms with Gasteiger partial charge in [-0.3, -0.25) is 0 Å². The van der Waals surface area contributed by atoms with E-state index in [0.29, 0.717) is 5.94 Å². The zero-order chi connectivity index (χ0) is 25.1. The van der Waals surface area contributed by atoms with Crippen LogP contribution in [0, 0.1) is 0 Å². The van der Waals surface area contributed by atoms with E-state index in [-0.39, 0.29) is 12.7 Å². The Kier molecular flexibility index (Phi) is 11.0. The van der Waals surface area contributed by atoms with Crippen LogP contribution in [-0.2, 0) is 19.0 Å². The highest BCUT2D eigenvalue weighted by molar-refractivity contribution is 7.98. The summed E-state index contributed by atoms with van der Waals surface area (Å²) in [4.78, 5) is 13.6. The third kappa shape index (κ3) is 7.52. The van der Waals surface area contributed by atoms with Gasteiger partial charge in [-0.1, -0.05) is 30.3 Å². The van der Waals surface area contributed by atoms with Crippen LogP contribution in [0.4, 0.5) is 0 Å². The number of carbonyl (C=O) groups is 1. The van der Waals surface area contributed by atoms with Gasteiger partial charge in [-0.25, -0.2) is 4.79 Å². The third-order valence-electron chi connectivity index (χ3n) is 5.66. The number of rotatable bonds is 14. The second-order valence-electron chi connectivity index (χ2n) is 8.31. The Morgan fingerprint density at radius 2 is 1.47 bits per heavy atom. The summed E-state index contributed by atoms with van der Waals surface area (Å²) in [5, 5.41) is 0. The maximum absolute atomic E-state index is 13.6. The van der Waals surface area contributed by atoms with Gasteiger partial charge in [0.2, 0.25) is 0 Å². The van der Waals surface area contributed by atoms with E-state index in [0.717, 1.165) is 22.6 Å². The van der Waals surface area contributed by atoms with Crippen LogP contribution < -0.4 is 9.47 Å². The second-order valence-corrected chi connectivity index (χ2v) is 9.12. The molecule has 0 heterocycles. The molecule has 0 bridgehead atoms. The largest absolute Gasteiger partial charge is 0.497 e. The SMILES string of the molecule is C=CCOC(C(=O)OC(C)(C)C(C)OCSC)C(c1ccc(OC)cc1)c1ccc(OC)cc1. The number of hydrogen-bond donors (Lipinski definition) is 0. The molecule has 2 aromatic carbocycles. The van der Waals surface area contributed by atoms with Crippen LogP contribution in [0.3, 0.4) is 0 Å². The molecule has 186 valence electrons. The minimum absolute atomic E-state index is 0.196. The molecule has 0 fully saturated rings. The first kappa shape index (κ1) is 27.8. The summed E-state index contributed by atoms with van der Waals surface area (Å²) in [6, 6.07) is 15.2. The molecule has 0 aliphatic carbocycles. The monoisotopic (exact) mass is 488 g/mol. The summed E-state index contributed by atoms with van der Waals surface area (Å²) in [5.74, 6) is 1.07. The fraction of sp³-hybridized carbons (Fsp3) is 0.444. The molecule has 34 heavy (non-hydrogen) atoms. The molecule has 0 saturated heterocycles. The van der Waals surface area contributed by atoms with Gasteiger partial charge in [0, 0.05) is 5.92 Å². The number of methoxy groups -OCH3 is 2. The minimum atomic E-state index is -0.910. The molecule has 0 radical (unpaired) electrons. The van der Waals surface area contributed by atoms with Crippen molar-refractivity contribution in [3.63, 3.8) is 0 Å². The number of benzene rings is 2. The minimum Gasteiger partial charge on any atom is -0.497 e. The highest BCUT2D eigenvalue weighted by atomic mass is 32.2. The molecule has 0 amide bonds. The summed E-state index contributed by atoms with van der Waals surface area (Å²) >= 11 is 1.57. The van der Waals surface area contributed by atoms with Gasteiger partial charge in [-0.15, -0.1) is 18.3 Å². The highest BCUT2D eigenvalue weighted by Crippen LogP contribution is 2.34. The van der Waals surface area contributed by atoms with Gasteiger partial charge in [0.05, 0.1) is 32.9 Å². The predicted molar refractivity (Wildman–Crippen MR) is 137 cm³/mol. The molecule has 0 N–H and O–H groups in total. The van der Waals surface area contributed by atoms with E-state index >= 15 is 0 Å². The molecule has 0 aliphatic rings. The average Bonchev–Trinajstić information content (AvgIpc) is 2.85. The molecule has 2 aromatic rings. The zero-order valence-electron chi connectivity index (χ0n) is 20.9. The fourth-order valence-electron chi connectivity index (χ4n) is 3.41. The maximum Gasteiger partial charge on any atom is 0.336 e. The van der Waals surface area contributed by atoms with E-state index in [2.05, 4.69) is 6.58 Å². The van der Waals surface area contributed by atoms with Crippen LogP contribution in [0.1, 0.15) is 37.8 Å². The van der Waals surface area contributed by atoms with Crippen molar-refractivity contribution in [2.24, 2.45) is 0 Å². The third-order valence-corrected chi connectivity index (χ3v) is 6.03. The van der Waals surface area contributed by atoms with Crippen molar-refractivity contribution in [2.75, 3.05) is 33.0 Å². The van der Waals surface area contributed by atoms with Gasteiger partial charge in [0.25, 0.3) is 0 Å². The summed E-state index contributed by atoms with van der Waals surface area (Å²) in [6.45, 7) is 9.53. The van der Waals surface area contributed by atoms with Gasteiger partial charge in [-0.2, -0.15) is 0 Å². The van der Waals surface area contributed by atoms with Gasteiger partial charge in [0.15, 0.2) is 6.10 Å². The van der Waals surface area contributed by atoms with E-state index in [4.69, 9.17) is 23.7 Å². The van der Waals surface area contributed by atoms with E-state index in [1.165, 1.54) is 0 Å². The first-order chi connectivity index (χ1) is 16.3. The standard InChI is InChI=1S/C27H36O6S/c1-8-17-31-25(26(28)33-27(3,4)19(2)32-18-34-7)24(20-9-13-22(29-5)14-10-20)21-11-15-23(30-6)16-12-21/h8-16,19,24-25H,1,17-18H2,2-7H3. The molecule has 0 spiro atoms. The topological polar surface area (TPSA) is 63.2 Å². The number of carbonyl (C=O) groups excluding carboxylic acids is 1. The van der Waals surface area contributed by atoms with Crippen LogP contribution in [0.15, 0.2) is 61.2 Å². The van der Waals surface area contributed by atoms with Crippen LogP contribution in [-0.4, -0.2) is 56.8 Å². The van der Waals surface area contributed by atoms with Crippen molar-refractivity contribution in [2.45, 2.75) is 44.5 Å². The quantitative estimate of drug-likeness (QED) is 0.199. The number of esters is 1. The van der Waals surface area contributed by atoms with Crippen LogP contribution in [0.5, 0.6) is 11.5 Å². The molecule has 0 aliphatic heterocycles. The number of hydrogen-bond acceptors (Lipinski definition) is 7. The average molecular weight is 489 g/mol. The molecule has 7 heteroatoms. The summed E-state index contributed by atoms with van der Waals surface area (Å²) < 4.78 is 28.5.